The zero-order valence-corrected chi connectivity index (χ0v) is 14.9. The molecule has 1 amide bonds. The molecule has 1 atom stereocenters. The summed E-state index contributed by atoms with van der Waals surface area (Å²) in [6, 6.07) is 16.6. The molecule has 26 heavy (non-hydrogen) atoms. The Labute approximate surface area is 153 Å². The molecular weight excluding hydrogens is 334 g/mol. The van der Waals surface area contributed by atoms with Crippen LogP contribution in [0.5, 0.6) is 5.75 Å². The van der Waals surface area contributed by atoms with Crippen LogP contribution in [-0.2, 0) is 19.1 Å². The van der Waals surface area contributed by atoms with Crippen molar-refractivity contribution in [2.24, 2.45) is 0 Å². The molecule has 0 fully saturated rings. The molecule has 6 heteroatoms. The van der Waals surface area contributed by atoms with Crippen molar-refractivity contribution in [3.8, 4) is 5.75 Å². The molecule has 0 aliphatic carbocycles. The Hall–Kier alpha value is -2.86. The third-order valence-corrected chi connectivity index (χ3v) is 3.68. The van der Waals surface area contributed by atoms with Gasteiger partial charge in [0.15, 0.2) is 6.61 Å². The zero-order valence-electron chi connectivity index (χ0n) is 14.9. The molecule has 6 nitrogen and oxygen atoms in total. The highest BCUT2D eigenvalue weighted by Crippen LogP contribution is 2.24. The predicted molar refractivity (Wildman–Crippen MR) is 96.9 cm³/mol. The van der Waals surface area contributed by atoms with Gasteiger partial charge < -0.3 is 19.5 Å². The van der Waals surface area contributed by atoms with Gasteiger partial charge in [-0.1, -0.05) is 42.5 Å². The van der Waals surface area contributed by atoms with Crippen LogP contribution in [0.1, 0.15) is 24.1 Å². The first-order chi connectivity index (χ1) is 12.6. The molecule has 0 saturated heterocycles. The second-order valence-corrected chi connectivity index (χ2v) is 5.48. The Morgan fingerprint density at radius 3 is 2.23 bits per heavy atom. The summed E-state index contributed by atoms with van der Waals surface area (Å²) >= 11 is 0. The lowest BCUT2D eigenvalue weighted by Gasteiger charge is -2.20. The Kier molecular flexibility index (Phi) is 7.64. The van der Waals surface area contributed by atoms with Gasteiger partial charge in [-0.25, -0.2) is 4.79 Å². The minimum absolute atomic E-state index is 0.162. The van der Waals surface area contributed by atoms with Gasteiger partial charge in [-0.05, 0) is 30.2 Å². The van der Waals surface area contributed by atoms with Crippen LogP contribution in [0.4, 0.5) is 0 Å². The van der Waals surface area contributed by atoms with Gasteiger partial charge >= 0.3 is 5.97 Å². The fourth-order valence-corrected chi connectivity index (χ4v) is 2.38. The zero-order chi connectivity index (χ0) is 18.8. The maximum absolute atomic E-state index is 12.2. The van der Waals surface area contributed by atoms with Crippen molar-refractivity contribution in [2.45, 2.75) is 13.0 Å². The summed E-state index contributed by atoms with van der Waals surface area (Å²) in [5.74, 6) is -0.223. The van der Waals surface area contributed by atoms with Gasteiger partial charge in [0.1, 0.15) is 12.4 Å². The second kappa shape index (κ2) is 10.2. The van der Waals surface area contributed by atoms with E-state index in [2.05, 4.69) is 5.32 Å². The number of nitrogens with one attached hydrogen (secondary N) is 1. The van der Waals surface area contributed by atoms with Crippen LogP contribution in [-0.4, -0.2) is 38.8 Å². The lowest BCUT2D eigenvalue weighted by molar-refractivity contribution is -0.152. The van der Waals surface area contributed by atoms with Crippen molar-refractivity contribution in [1.29, 1.82) is 0 Å². The van der Waals surface area contributed by atoms with Crippen molar-refractivity contribution in [3.05, 3.63) is 65.7 Å². The van der Waals surface area contributed by atoms with Crippen LogP contribution in [0.15, 0.2) is 54.6 Å². The van der Waals surface area contributed by atoms with Gasteiger partial charge in [-0.2, -0.15) is 0 Å². The fraction of sp³-hybridized carbons (Fsp3) is 0.300. The minimum atomic E-state index is -0.567. The monoisotopic (exact) mass is 357 g/mol. The number of ether oxygens (including phenoxy) is 3. The summed E-state index contributed by atoms with van der Waals surface area (Å²) < 4.78 is 15.0. The Morgan fingerprint density at radius 2 is 1.62 bits per heavy atom. The lowest BCUT2D eigenvalue weighted by Crippen LogP contribution is -2.33. The van der Waals surface area contributed by atoms with E-state index in [1.54, 1.807) is 14.0 Å². The van der Waals surface area contributed by atoms with Crippen LogP contribution >= 0.6 is 0 Å². The first kappa shape index (κ1) is 19.5. The molecule has 0 spiro atoms. The molecule has 2 aromatic carbocycles. The van der Waals surface area contributed by atoms with Gasteiger partial charge in [0.2, 0.25) is 0 Å². The Bertz CT molecular complexity index is 700. The number of rotatable bonds is 9. The smallest absolute Gasteiger partial charge is 0.332 e. The average molecular weight is 357 g/mol. The van der Waals surface area contributed by atoms with E-state index in [0.29, 0.717) is 6.61 Å². The van der Waals surface area contributed by atoms with E-state index in [1.807, 2.05) is 54.6 Å². The molecule has 0 bridgehead atoms. The molecule has 0 aliphatic heterocycles. The van der Waals surface area contributed by atoms with Crippen molar-refractivity contribution in [1.82, 2.24) is 5.32 Å². The molecule has 0 saturated carbocycles. The highest BCUT2D eigenvalue weighted by Gasteiger charge is 2.18. The number of carbonyl (C=O) groups excluding carboxylic acids is 2. The first-order valence-corrected chi connectivity index (χ1v) is 8.35. The van der Waals surface area contributed by atoms with Gasteiger partial charge in [-0.15, -0.1) is 0 Å². The number of hydrogen-bond donors (Lipinski definition) is 1. The second-order valence-electron chi connectivity index (χ2n) is 5.48. The lowest BCUT2D eigenvalue weighted by atomic mass is 9.98. The highest BCUT2D eigenvalue weighted by atomic mass is 16.6. The number of carbonyl (C=O) groups is 2. The molecule has 2 aromatic rings. The maximum Gasteiger partial charge on any atom is 0.332 e. The maximum atomic E-state index is 12.2. The van der Waals surface area contributed by atoms with Gasteiger partial charge in [-0.3, -0.25) is 4.79 Å². The topological polar surface area (TPSA) is 73.9 Å². The SMILES string of the molecule is CCOCC(=O)OCC(=O)N[C@@H](c1ccccc1)c1ccc(OC)cc1. The molecule has 2 rings (SSSR count). The summed E-state index contributed by atoms with van der Waals surface area (Å²) in [5, 5.41) is 2.90. The normalized spacial score (nSPS) is 11.5. The molecular formula is C20H23NO5. The predicted octanol–water partition coefficient (Wildman–Crippen LogP) is 2.48. The third kappa shape index (κ3) is 5.89. The van der Waals surface area contributed by atoms with Gasteiger partial charge in [0.25, 0.3) is 5.91 Å². The largest absolute Gasteiger partial charge is 0.497 e. The Balaban J connectivity index is 2.07. The summed E-state index contributed by atoms with van der Waals surface area (Å²) in [4.78, 5) is 23.7. The molecule has 138 valence electrons. The third-order valence-electron chi connectivity index (χ3n) is 3.68. The van der Waals surface area contributed by atoms with E-state index in [0.717, 1.165) is 16.9 Å². The van der Waals surface area contributed by atoms with Crippen molar-refractivity contribution < 1.29 is 23.8 Å². The molecule has 0 unspecified atom stereocenters. The molecule has 0 aliphatic rings. The van der Waals surface area contributed by atoms with Crippen LogP contribution < -0.4 is 10.1 Å². The number of methoxy groups -OCH3 is 1. The van der Waals surface area contributed by atoms with E-state index in [9.17, 15) is 9.59 Å². The van der Waals surface area contributed by atoms with Crippen LogP contribution in [0.3, 0.4) is 0 Å². The van der Waals surface area contributed by atoms with Crippen molar-refractivity contribution in [3.63, 3.8) is 0 Å². The van der Waals surface area contributed by atoms with Crippen LogP contribution in [0.2, 0.25) is 0 Å². The summed E-state index contributed by atoms with van der Waals surface area (Å²) in [7, 11) is 1.60. The standard InChI is InChI=1S/C20H23NO5/c1-3-25-14-19(23)26-13-18(22)21-20(15-7-5-4-6-8-15)16-9-11-17(24-2)12-10-16/h4-12,20H,3,13-14H2,1-2H3,(H,21,22)/t20-/m0/s1. The minimum Gasteiger partial charge on any atom is -0.497 e. The number of hydrogen-bond acceptors (Lipinski definition) is 5. The van der Waals surface area contributed by atoms with E-state index in [4.69, 9.17) is 14.2 Å². The van der Waals surface area contributed by atoms with Crippen molar-refractivity contribution in [2.75, 3.05) is 26.9 Å². The van der Waals surface area contributed by atoms with Gasteiger partial charge in [0, 0.05) is 6.61 Å². The number of benzene rings is 2. The number of esters is 1. The van der Waals surface area contributed by atoms with E-state index < -0.39 is 5.97 Å². The highest BCUT2D eigenvalue weighted by molar-refractivity contribution is 5.81. The molecule has 1 N–H and O–H groups in total. The molecule has 0 radical (unpaired) electrons. The average Bonchev–Trinajstić information content (AvgIpc) is 2.69. The molecule has 0 aromatic heterocycles. The molecule has 0 heterocycles. The quantitative estimate of drug-likeness (QED) is 0.698. The van der Waals surface area contributed by atoms with E-state index >= 15 is 0 Å². The van der Waals surface area contributed by atoms with Gasteiger partial charge in [0.05, 0.1) is 13.2 Å². The number of amides is 1. The summed E-state index contributed by atoms with van der Waals surface area (Å²) in [6.45, 7) is 1.67. The van der Waals surface area contributed by atoms with Crippen molar-refractivity contribution >= 4 is 11.9 Å². The van der Waals surface area contributed by atoms with E-state index in [-0.39, 0.29) is 25.2 Å². The fourth-order valence-electron chi connectivity index (χ4n) is 2.38. The van der Waals surface area contributed by atoms with Crippen LogP contribution in [0.25, 0.3) is 0 Å². The van der Waals surface area contributed by atoms with Crippen LogP contribution in [0, 0.1) is 0 Å². The van der Waals surface area contributed by atoms with E-state index in [1.165, 1.54) is 0 Å². The summed E-state index contributed by atoms with van der Waals surface area (Å²) in [6.07, 6.45) is 0. The Morgan fingerprint density at radius 1 is 0.962 bits per heavy atom. The first-order valence-electron chi connectivity index (χ1n) is 8.35. The summed E-state index contributed by atoms with van der Waals surface area (Å²) in [5.41, 5.74) is 1.82.